The molecule has 17 heavy (non-hydrogen) atoms. The summed E-state index contributed by atoms with van der Waals surface area (Å²) in [4.78, 5) is 11.0. The Morgan fingerprint density at radius 3 is 2.47 bits per heavy atom. The third kappa shape index (κ3) is 6.49. The van der Waals surface area contributed by atoms with E-state index in [2.05, 4.69) is 4.74 Å². The smallest absolute Gasteiger partial charge is 0.322 e. The number of carbonyl (C=O) groups is 1. The molecular formula is C8H15F2NO5S. The zero-order chi connectivity index (χ0) is 13.5. The van der Waals surface area contributed by atoms with Gasteiger partial charge in [-0.3, -0.25) is 4.79 Å². The summed E-state index contributed by atoms with van der Waals surface area (Å²) in [6, 6.07) is 0. The monoisotopic (exact) mass is 275 g/mol. The molecule has 0 radical (unpaired) electrons. The Bertz CT molecular complexity index is 333. The van der Waals surface area contributed by atoms with Crippen molar-refractivity contribution >= 4 is 16.0 Å². The van der Waals surface area contributed by atoms with Crippen LogP contribution in [-0.2, 0) is 19.6 Å². The fraction of sp³-hybridized carbons (Fsp3) is 0.875. The van der Waals surface area contributed by atoms with Crippen LogP contribution in [0, 0.1) is 0 Å². The van der Waals surface area contributed by atoms with Gasteiger partial charge in [-0.25, -0.2) is 17.2 Å². The standard InChI is InChI=1S/C8H15F2NO5S/c1-2-16-8(13)6-17(14,15)11(3-4-12)5-7(9)10/h7,12H,2-6H2,1H3. The molecule has 0 aliphatic carbocycles. The first kappa shape index (κ1) is 16.2. The summed E-state index contributed by atoms with van der Waals surface area (Å²) in [5.74, 6) is -2.02. The molecule has 0 atom stereocenters. The van der Waals surface area contributed by atoms with E-state index in [4.69, 9.17) is 5.11 Å². The van der Waals surface area contributed by atoms with Crippen molar-refractivity contribution in [1.29, 1.82) is 0 Å². The van der Waals surface area contributed by atoms with Crippen molar-refractivity contribution in [2.24, 2.45) is 0 Å². The van der Waals surface area contributed by atoms with E-state index in [0.717, 1.165) is 0 Å². The molecule has 9 heteroatoms. The highest BCUT2D eigenvalue weighted by atomic mass is 32.2. The van der Waals surface area contributed by atoms with Crippen LogP contribution in [-0.4, -0.2) is 62.3 Å². The predicted molar refractivity (Wildman–Crippen MR) is 55.1 cm³/mol. The molecule has 0 aliphatic rings. The number of hydrogen-bond donors (Lipinski definition) is 1. The molecule has 1 N–H and O–H groups in total. The third-order valence-electron chi connectivity index (χ3n) is 1.69. The van der Waals surface area contributed by atoms with Crippen LogP contribution in [0.15, 0.2) is 0 Å². The highest BCUT2D eigenvalue weighted by molar-refractivity contribution is 7.89. The second kappa shape index (κ2) is 7.51. The highest BCUT2D eigenvalue weighted by Crippen LogP contribution is 2.06. The van der Waals surface area contributed by atoms with Crippen LogP contribution in [0.3, 0.4) is 0 Å². The van der Waals surface area contributed by atoms with E-state index in [1.165, 1.54) is 6.92 Å². The van der Waals surface area contributed by atoms with Crippen molar-refractivity contribution in [2.75, 3.05) is 32.1 Å². The first-order valence-electron chi connectivity index (χ1n) is 4.86. The van der Waals surface area contributed by atoms with Crippen molar-refractivity contribution in [3.63, 3.8) is 0 Å². The first-order valence-corrected chi connectivity index (χ1v) is 6.46. The summed E-state index contributed by atoms with van der Waals surface area (Å²) in [6.45, 7) is -0.637. The van der Waals surface area contributed by atoms with Gasteiger partial charge in [0.15, 0.2) is 5.75 Å². The molecule has 0 bridgehead atoms. The van der Waals surface area contributed by atoms with Crippen LogP contribution in [0.2, 0.25) is 0 Å². The van der Waals surface area contributed by atoms with Crippen LogP contribution in [0.1, 0.15) is 6.92 Å². The number of esters is 1. The Labute approximate surface area is 98.2 Å². The number of alkyl halides is 2. The molecule has 0 aromatic carbocycles. The zero-order valence-electron chi connectivity index (χ0n) is 9.30. The van der Waals surface area contributed by atoms with Gasteiger partial charge in [-0.2, -0.15) is 4.31 Å². The maximum Gasteiger partial charge on any atom is 0.322 e. The van der Waals surface area contributed by atoms with Crippen LogP contribution < -0.4 is 0 Å². The van der Waals surface area contributed by atoms with Gasteiger partial charge in [-0.05, 0) is 6.92 Å². The minimum atomic E-state index is -4.18. The van der Waals surface area contributed by atoms with Gasteiger partial charge in [0.1, 0.15) is 0 Å². The maximum atomic E-state index is 12.1. The van der Waals surface area contributed by atoms with Gasteiger partial charge in [0.05, 0.1) is 19.8 Å². The Morgan fingerprint density at radius 1 is 1.47 bits per heavy atom. The number of rotatable bonds is 8. The van der Waals surface area contributed by atoms with Crippen molar-refractivity contribution < 1.29 is 31.8 Å². The number of aliphatic hydroxyl groups is 1. The fourth-order valence-corrected chi connectivity index (χ4v) is 2.32. The molecule has 0 saturated heterocycles. The Morgan fingerprint density at radius 2 is 2.06 bits per heavy atom. The number of aliphatic hydroxyl groups excluding tert-OH is 1. The topological polar surface area (TPSA) is 83.9 Å². The van der Waals surface area contributed by atoms with E-state index in [1.807, 2.05) is 0 Å². The summed E-state index contributed by atoms with van der Waals surface area (Å²) in [5.41, 5.74) is 0. The molecule has 0 amide bonds. The first-order chi connectivity index (χ1) is 7.83. The van der Waals surface area contributed by atoms with Gasteiger partial charge in [-0.1, -0.05) is 0 Å². The Hall–Kier alpha value is -0.800. The number of sulfonamides is 1. The minimum Gasteiger partial charge on any atom is -0.465 e. The normalized spacial score (nSPS) is 12.1. The lowest BCUT2D eigenvalue weighted by molar-refractivity contribution is -0.140. The molecular weight excluding hydrogens is 260 g/mol. The lowest BCUT2D eigenvalue weighted by atomic mass is 10.6. The maximum absolute atomic E-state index is 12.1. The van der Waals surface area contributed by atoms with E-state index in [9.17, 15) is 22.0 Å². The number of halogens is 2. The van der Waals surface area contributed by atoms with E-state index in [1.54, 1.807) is 0 Å². The molecule has 0 aliphatic heterocycles. The summed E-state index contributed by atoms with van der Waals surface area (Å²) in [5, 5.41) is 8.58. The van der Waals surface area contributed by atoms with Gasteiger partial charge in [-0.15, -0.1) is 0 Å². The van der Waals surface area contributed by atoms with Crippen LogP contribution in [0.4, 0.5) is 8.78 Å². The SMILES string of the molecule is CCOC(=O)CS(=O)(=O)N(CCO)CC(F)F. The van der Waals surface area contributed by atoms with Crippen LogP contribution >= 0.6 is 0 Å². The number of carbonyl (C=O) groups excluding carboxylic acids is 1. The minimum absolute atomic E-state index is 0.00318. The molecule has 0 aromatic rings. The van der Waals surface area contributed by atoms with Gasteiger partial charge in [0.25, 0.3) is 6.43 Å². The molecule has 0 rings (SSSR count). The second-order valence-electron chi connectivity index (χ2n) is 3.03. The van der Waals surface area contributed by atoms with Gasteiger partial charge in [0.2, 0.25) is 10.0 Å². The number of ether oxygens (including phenoxy) is 1. The quantitative estimate of drug-likeness (QED) is 0.600. The third-order valence-corrected chi connectivity index (χ3v) is 3.41. The lowest BCUT2D eigenvalue weighted by Gasteiger charge is -2.20. The number of hydrogen-bond acceptors (Lipinski definition) is 5. The average molecular weight is 275 g/mol. The molecule has 0 fully saturated rings. The van der Waals surface area contributed by atoms with Crippen molar-refractivity contribution in [2.45, 2.75) is 13.3 Å². The van der Waals surface area contributed by atoms with Gasteiger partial charge >= 0.3 is 5.97 Å². The van der Waals surface area contributed by atoms with Crippen molar-refractivity contribution in [1.82, 2.24) is 4.31 Å². The molecule has 6 nitrogen and oxygen atoms in total. The number of nitrogens with zero attached hydrogens (tertiary/aromatic N) is 1. The van der Waals surface area contributed by atoms with E-state index < -0.39 is 47.9 Å². The molecule has 0 aromatic heterocycles. The summed E-state index contributed by atoms with van der Waals surface area (Å²) in [7, 11) is -4.18. The van der Waals surface area contributed by atoms with E-state index >= 15 is 0 Å². The summed E-state index contributed by atoms with van der Waals surface area (Å²) < 4.78 is 52.1. The van der Waals surface area contributed by atoms with Crippen LogP contribution in [0.25, 0.3) is 0 Å². The summed E-state index contributed by atoms with van der Waals surface area (Å²) >= 11 is 0. The van der Waals surface area contributed by atoms with Crippen LogP contribution in [0.5, 0.6) is 0 Å². The second-order valence-corrected chi connectivity index (χ2v) is 5.00. The van der Waals surface area contributed by atoms with Crippen molar-refractivity contribution in [3.05, 3.63) is 0 Å². The Kier molecular flexibility index (Phi) is 7.16. The molecule has 0 heterocycles. The molecule has 0 unspecified atom stereocenters. The molecule has 102 valence electrons. The fourth-order valence-electron chi connectivity index (χ4n) is 1.05. The summed E-state index contributed by atoms with van der Waals surface area (Å²) in [6.07, 6.45) is -2.88. The molecule has 0 spiro atoms. The van der Waals surface area contributed by atoms with E-state index in [0.29, 0.717) is 4.31 Å². The average Bonchev–Trinajstić information content (AvgIpc) is 2.15. The Balaban J connectivity index is 4.65. The van der Waals surface area contributed by atoms with E-state index in [-0.39, 0.29) is 6.61 Å². The predicted octanol–water partition coefficient (Wildman–Crippen LogP) is -0.561. The zero-order valence-corrected chi connectivity index (χ0v) is 10.1. The van der Waals surface area contributed by atoms with Gasteiger partial charge in [0, 0.05) is 6.54 Å². The molecule has 0 saturated carbocycles. The highest BCUT2D eigenvalue weighted by Gasteiger charge is 2.27. The largest absolute Gasteiger partial charge is 0.465 e. The van der Waals surface area contributed by atoms with Crippen molar-refractivity contribution in [3.8, 4) is 0 Å². The van der Waals surface area contributed by atoms with Gasteiger partial charge < -0.3 is 9.84 Å². The lowest BCUT2D eigenvalue weighted by Crippen LogP contribution is -2.40.